The quantitative estimate of drug-likeness (QED) is 0.442. The lowest BCUT2D eigenvalue weighted by Gasteiger charge is -2.10. The predicted molar refractivity (Wildman–Crippen MR) is 113 cm³/mol. The van der Waals surface area contributed by atoms with Crippen LogP contribution in [0.25, 0.3) is 22.2 Å². The second kappa shape index (κ2) is 8.31. The second-order valence-corrected chi connectivity index (χ2v) is 6.87. The van der Waals surface area contributed by atoms with E-state index in [0.717, 1.165) is 10.1 Å². The first-order valence-corrected chi connectivity index (χ1v) is 9.46. The zero-order chi connectivity index (χ0) is 22.0. The molecule has 0 aliphatic rings. The molecule has 0 saturated heterocycles. The number of carbonyl (C=O) groups excluding carboxylic acids is 1. The van der Waals surface area contributed by atoms with Crippen LogP contribution in [0.5, 0.6) is 5.75 Å². The first-order chi connectivity index (χ1) is 15.0. The van der Waals surface area contributed by atoms with Crippen LogP contribution in [0.3, 0.4) is 0 Å². The van der Waals surface area contributed by atoms with Gasteiger partial charge in [-0.2, -0.15) is 0 Å². The van der Waals surface area contributed by atoms with Crippen LogP contribution in [0, 0.1) is 5.82 Å². The zero-order valence-electron chi connectivity index (χ0n) is 16.6. The maximum atomic E-state index is 13.2. The van der Waals surface area contributed by atoms with Crippen LogP contribution in [0.2, 0.25) is 0 Å². The number of amides is 1. The third-order valence-electron chi connectivity index (χ3n) is 4.94. The lowest BCUT2D eigenvalue weighted by Crippen LogP contribution is -2.40. The molecule has 8 nitrogen and oxygen atoms in total. The number of benzene rings is 2. The van der Waals surface area contributed by atoms with Crippen LogP contribution in [-0.2, 0) is 17.9 Å². The Bertz CT molecular complexity index is 1370. The van der Waals surface area contributed by atoms with Crippen molar-refractivity contribution in [3.05, 3.63) is 86.9 Å². The first-order valence-electron chi connectivity index (χ1n) is 9.46. The predicted octanol–water partition coefficient (Wildman–Crippen LogP) is 2.15. The molecule has 0 aliphatic carbocycles. The van der Waals surface area contributed by atoms with Gasteiger partial charge in [-0.1, -0.05) is 30.3 Å². The minimum Gasteiger partial charge on any atom is -0.496 e. The van der Waals surface area contributed by atoms with Crippen molar-refractivity contribution in [1.29, 1.82) is 0 Å². The number of methoxy groups -OCH3 is 1. The van der Waals surface area contributed by atoms with Gasteiger partial charge in [-0.05, 0) is 23.8 Å². The third-order valence-corrected chi connectivity index (χ3v) is 4.94. The van der Waals surface area contributed by atoms with Crippen molar-refractivity contribution < 1.29 is 13.9 Å². The van der Waals surface area contributed by atoms with Crippen LogP contribution >= 0.6 is 0 Å². The molecule has 9 heteroatoms. The van der Waals surface area contributed by atoms with E-state index in [1.165, 1.54) is 19.2 Å². The molecule has 158 valence electrons. The highest BCUT2D eigenvalue weighted by Gasteiger charge is 2.16. The van der Waals surface area contributed by atoms with Crippen molar-refractivity contribution in [3.8, 4) is 16.9 Å². The smallest absolute Gasteiger partial charge is 0.329 e. The Morgan fingerprint density at radius 3 is 2.58 bits per heavy atom. The van der Waals surface area contributed by atoms with Gasteiger partial charge in [0.2, 0.25) is 5.91 Å². The van der Waals surface area contributed by atoms with Gasteiger partial charge in [0.15, 0.2) is 0 Å². The number of para-hydroxylation sites is 1. The van der Waals surface area contributed by atoms with Gasteiger partial charge >= 0.3 is 5.69 Å². The number of fused-ring (bicyclic) bond motifs is 1. The topological polar surface area (TPSA) is 109 Å². The number of hydrogen-bond donors (Lipinski definition) is 3. The Kier molecular flexibility index (Phi) is 5.40. The fraction of sp³-hybridized carbons (Fsp3) is 0.136. The molecule has 0 bridgehead atoms. The summed E-state index contributed by atoms with van der Waals surface area (Å²) in [5.74, 6) is -0.263. The molecule has 0 fully saturated rings. The normalized spacial score (nSPS) is 10.9. The minimum atomic E-state index is -0.715. The molecule has 4 aromatic rings. The molecular formula is C22H19FN4O4. The van der Waals surface area contributed by atoms with Gasteiger partial charge in [0.1, 0.15) is 23.6 Å². The van der Waals surface area contributed by atoms with E-state index in [0.29, 0.717) is 22.4 Å². The van der Waals surface area contributed by atoms with E-state index in [4.69, 9.17) is 4.74 Å². The molecule has 0 saturated carbocycles. The number of ether oxygens (including phenoxy) is 1. The van der Waals surface area contributed by atoms with Crippen molar-refractivity contribution >= 4 is 16.9 Å². The van der Waals surface area contributed by atoms with Crippen LogP contribution in [0.4, 0.5) is 4.39 Å². The summed E-state index contributed by atoms with van der Waals surface area (Å²) < 4.78 is 19.3. The Morgan fingerprint density at radius 2 is 1.84 bits per heavy atom. The molecule has 31 heavy (non-hydrogen) atoms. The number of nitrogens with one attached hydrogen (secondary N) is 3. The molecule has 3 N–H and O–H groups in total. The molecule has 0 radical (unpaired) electrons. The molecular weight excluding hydrogens is 403 g/mol. The van der Waals surface area contributed by atoms with Gasteiger partial charge in [-0.15, -0.1) is 0 Å². The summed E-state index contributed by atoms with van der Waals surface area (Å²) in [7, 11) is 1.53. The van der Waals surface area contributed by atoms with Crippen LogP contribution < -0.4 is 21.3 Å². The molecule has 0 unspecified atom stereocenters. The Balaban J connectivity index is 1.58. The summed E-state index contributed by atoms with van der Waals surface area (Å²) in [5, 5.41) is 2.68. The molecule has 1 amide bonds. The molecule has 0 atom stereocenters. The van der Waals surface area contributed by atoms with Gasteiger partial charge in [-0.3, -0.25) is 9.59 Å². The van der Waals surface area contributed by atoms with Gasteiger partial charge in [-0.25, -0.2) is 13.8 Å². The monoisotopic (exact) mass is 422 g/mol. The van der Waals surface area contributed by atoms with Crippen LogP contribution in [0.15, 0.2) is 64.3 Å². The Labute approximate surface area is 175 Å². The summed E-state index contributed by atoms with van der Waals surface area (Å²) in [6.45, 7) is -0.251. The zero-order valence-corrected chi connectivity index (χ0v) is 16.6. The van der Waals surface area contributed by atoms with E-state index in [1.54, 1.807) is 30.5 Å². The highest BCUT2D eigenvalue weighted by Crippen LogP contribution is 2.25. The number of H-pyrrole nitrogens is 2. The summed E-state index contributed by atoms with van der Waals surface area (Å²) in [4.78, 5) is 43.2. The Morgan fingerprint density at radius 1 is 1.10 bits per heavy atom. The first kappa shape index (κ1) is 20.1. The molecule has 0 spiro atoms. The molecule has 2 aromatic heterocycles. The lowest BCUT2D eigenvalue weighted by atomic mass is 10.1. The second-order valence-electron chi connectivity index (χ2n) is 6.87. The SMILES string of the molecule is COc1ccccc1CNC(=O)Cn1c(=O)[nH]c2c(-c3ccc(F)cc3)c[nH]c2c1=O. The molecule has 2 aromatic carbocycles. The van der Waals surface area contributed by atoms with Gasteiger partial charge in [0.05, 0.1) is 12.6 Å². The summed E-state index contributed by atoms with van der Waals surface area (Å²) in [5.41, 5.74) is 1.06. The Hall–Kier alpha value is -4.14. The van der Waals surface area contributed by atoms with Crippen molar-refractivity contribution in [3.63, 3.8) is 0 Å². The van der Waals surface area contributed by atoms with Crippen LogP contribution in [-0.4, -0.2) is 27.6 Å². The standard InChI is InChI=1S/C22H19FN4O4/c1-31-17-5-3-2-4-14(17)10-24-18(28)12-27-21(29)20-19(26-22(27)30)16(11-25-20)13-6-8-15(23)9-7-13/h2-9,11,25H,10,12H2,1H3,(H,24,28)(H,26,30). The number of carbonyl (C=O) groups is 1. The number of aromatic amines is 2. The summed E-state index contributed by atoms with van der Waals surface area (Å²) >= 11 is 0. The molecule has 2 heterocycles. The van der Waals surface area contributed by atoms with E-state index in [2.05, 4.69) is 15.3 Å². The summed E-state index contributed by atoms with van der Waals surface area (Å²) in [6.07, 6.45) is 1.56. The fourth-order valence-corrected chi connectivity index (χ4v) is 3.37. The van der Waals surface area contributed by atoms with Crippen molar-refractivity contribution in [2.24, 2.45) is 0 Å². The average molecular weight is 422 g/mol. The molecule has 4 rings (SSSR count). The van der Waals surface area contributed by atoms with Crippen molar-refractivity contribution in [2.75, 3.05) is 7.11 Å². The average Bonchev–Trinajstić information content (AvgIpc) is 3.19. The number of hydrogen-bond acceptors (Lipinski definition) is 4. The van der Waals surface area contributed by atoms with E-state index in [1.807, 2.05) is 12.1 Å². The highest BCUT2D eigenvalue weighted by atomic mass is 19.1. The van der Waals surface area contributed by atoms with Crippen molar-refractivity contribution in [1.82, 2.24) is 19.9 Å². The maximum Gasteiger partial charge on any atom is 0.329 e. The number of nitrogens with zero attached hydrogens (tertiary/aromatic N) is 1. The van der Waals surface area contributed by atoms with Gasteiger partial charge in [0.25, 0.3) is 5.56 Å². The maximum absolute atomic E-state index is 13.2. The van der Waals surface area contributed by atoms with Gasteiger partial charge < -0.3 is 20.0 Å². The number of halogens is 1. The van der Waals surface area contributed by atoms with Gasteiger partial charge in [0, 0.05) is 23.9 Å². The highest BCUT2D eigenvalue weighted by molar-refractivity contribution is 5.91. The number of aromatic nitrogens is 3. The molecule has 0 aliphatic heterocycles. The number of rotatable bonds is 6. The van der Waals surface area contributed by atoms with E-state index in [-0.39, 0.29) is 12.1 Å². The van der Waals surface area contributed by atoms with Crippen LogP contribution in [0.1, 0.15) is 5.56 Å². The minimum absolute atomic E-state index is 0.149. The van der Waals surface area contributed by atoms with E-state index >= 15 is 0 Å². The largest absolute Gasteiger partial charge is 0.496 e. The fourth-order valence-electron chi connectivity index (χ4n) is 3.37. The van der Waals surface area contributed by atoms with E-state index < -0.39 is 29.5 Å². The lowest BCUT2D eigenvalue weighted by molar-refractivity contribution is -0.121. The summed E-state index contributed by atoms with van der Waals surface area (Å²) in [6, 6.07) is 12.9. The van der Waals surface area contributed by atoms with E-state index in [9.17, 15) is 18.8 Å². The van der Waals surface area contributed by atoms with Crippen molar-refractivity contribution in [2.45, 2.75) is 13.1 Å². The third kappa shape index (κ3) is 3.97.